The zero-order chi connectivity index (χ0) is 20.0. The van der Waals surface area contributed by atoms with Gasteiger partial charge in [-0.15, -0.1) is 0 Å². The Labute approximate surface area is 175 Å². The molecule has 0 spiro atoms. The lowest BCUT2D eigenvalue weighted by atomic mass is 10.1. The van der Waals surface area contributed by atoms with Crippen molar-refractivity contribution in [3.8, 4) is 0 Å². The molecule has 6 heteroatoms. The van der Waals surface area contributed by atoms with Crippen LogP contribution in [0.2, 0.25) is 0 Å². The maximum absolute atomic E-state index is 12.4. The number of unbranched alkanes of at least 4 members (excludes halogenated alkanes) is 4. The van der Waals surface area contributed by atoms with Crippen molar-refractivity contribution in [1.82, 2.24) is 4.57 Å². The average molecular weight is 449 g/mol. The van der Waals surface area contributed by atoms with Crippen LogP contribution >= 0.6 is 15.9 Å². The molecule has 2 rings (SSSR count). The minimum atomic E-state index is -0.0983. The van der Waals surface area contributed by atoms with E-state index in [0.717, 1.165) is 56.1 Å². The number of alkyl halides is 1. The van der Waals surface area contributed by atoms with E-state index in [-0.39, 0.29) is 11.9 Å². The van der Waals surface area contributed by atoms with Crippen molar-refractivity contribution in [2.75, 3.05) is 17.3 Å². The first-order valence-electron chi connectivity index (χ1n) is 9.94. The normalized spacial score (nSPS) is 10.6. The lowest BCUT2D eigenvalue weighted by molar-refractivity contribution is -0.143. The zero-order valence-corrected chi connectivity index (χ0v) is 17.8. The first-order valence-corrected chi connectivity index (χ1v) is 11.1. The first kappa shape index (κ1) is 22.2. The number of aromatic nitrogens is 1. The van der Waals surface area contributed by atoms with Crippen LogP contribution in [0.25, 0.3) is 0 Å². The summed E-state index contributed by atoms with van der Waals surface area (Å²) in [5.74, 6) is -0.196. The van der Waals surface area contributed by atoms with Gasteiger partial charge in [0.1, 0.15) is 5.69 Å². The predicted molar refractivity (Wildman–Crippen MR) is 116 cm³/mol. The summed E-state index contributed by atoms with van der Waals surface area (Å²) >= 11 is 3.36. The van der Waals surface area contributed by atoms with Gasteiger partial charge in [0.25, 0.3) is 5.91 Å². The number of hydrogen-bond acceptors (Lipinski definition) is 3. The first-order chi connectivity index (χ1) is 13.7. The molecule has 0 saturated carbocycles. The monoisotopic (exact) mass is 448 g/mol. The molecule has 0 aliphatic carbocycles. The third-order valence-corrected chi connectivity index (χ3v) is 4.98. The van der Waals surface area contributed by atoms with Crippen LogP contribution in [0.5, 0.6) is 0 Å². The third-order valence-electron chi connectivity index (χ3n) is 4.41. The topological polar surface area (TPSA) is 60.3 Å². The molecular formula is C22H29BrN2O3. The average Bonchev–Trinajstić information content (AvgIpc) is 3.17. The van der Waals surface area contributed by atoms with Crippen LogP contribution in [0.3, 0.4) is 0 Å². The Morgan fingerprint density at radius 3 is 2.50 bits per heavy atom. The van der Waals surface area contributed by atoms with Gasteiger partial charge in [0, 0.05) is 30.2 Å². The minimum Gasteiger partial charge on any atom is -0.466 e. The highest BCUT2D eigenvalue weighted by Crippen LogP contribution is 2.12. The third kappa shape index (κ3) is 8.30. The Morgan fingerprint density at radius 2 is 1.71 bits per heavy atom. The number of amides is 1. The van der Waals surface area contributed by atoms with E-state index >= 15 is 0 Å². The highest BCUT2D eigenvalue weighted by atomic mass is 79.9. The van der Waals surface area contributed by atoms with Gasteiger partial charge < -0.3 is 14.6 Å². The zero-order valence-electron chi connectivity index (χ0n) is 16.2. The minimum absolute atomic E-state index is 0.0974. The number of nitrogens with one attached hydrogen (secondary N) is 1. The molecule has 0 atom stereocenters. The number of esters is 1. The number of rotatable bonds is 13. The maximum atomic E-state index is 12.4. The second-order valence-corrected chi connectivity index (χ2v) is 7.48. The lowest BCUT2D eigenvalue weighted by Gasteiger charge is -2.10. The van der Waals surface area contributed by atoms with E-state index in [2.05, 4.69) is 21.2 Å². The summed E-state index contributed by atoms with van der Waals surface area (Å²) in [7, 11) is 0. The summed E-state index contributed by atoms with van der Waals surface area (Å²) < 4.78 is 7.17. The molecule has 0 aliphatic heterocycles. The van der Waals surface area contributed by atoms with Crippen molar-refractivity contribution in [3.63, 3.8) is 0 Å². The van der Waals surface area contributed by atoms with Gasteiger partial charge in [-0.25, -0.2) is 0 Å². The summed E-state index contributed by atoms with van der Waals surface area (Å²) in [4.78, 5) is 24.1. The second kappa shape index (κ2) is 13.2. The van der Waals surface area contributed by atoms with E-state index in [1.54, 1.807) is 0 Å². The Balaban J connectivity index is 1.62. The maximum Gasteiger partial charge on any atom is 0.305 e. The number of halogens is 1. The lowest BCUT2D eigenvalue weighted by Crippen LogP contribution is -2.16. The number of benzene rings is 1. The molecule has 1 N–H and O–H groups in total. The van der Waals surface area contributed by atoms with E-state index < -0.39 is 0 Å². The smallest absolute Gasteiger partial charge is 0.305 e. The number of carbonyl (C=O) groups excluding carboxylic acids is 2. The van der Waals surface area contributed by atoms with Crippen LogP contribution in [0.4, 0.5) is 5.69 Å². The fourth-order valence-corrected chi connectivity index (χ4v) is 3.29. The summed E-state index contributed by atoms with van der Waals surface area (Å²) in [6.45, 7) is 1.31. The standard InChI is InChI=1S/C22H29BrN2O3/c23-15-7-9-18-28-21(26)14-6-1-2-8-16-25-17-10-13-20(25)22(27)24-19-11-4-3-5-12-19/h3-5,10-13,17H,1-2,6-9,14-16,18H2,(H,24,27). The number of hydrogen-bond donors (Lipinski definition) is 1. The number of nitrogens with zero attached hydrogens (tertiary/aromatic N) is 1. The Hall–Kier alpha value is -2.08. The molecule has 0 saturated heterocycles. The van der Waals surface area contributed by atoms with E-state index in [1.807, 2.05) is 53.2 Å². The summed E-state index contributed by atoms with van der Waals surface area (Å²) in [5.41, 5.74) is 1.45. The van der Waals surface area contributed by atoms with Gasteiger partial charge in [-0.2, -0.15) is 0 Å². The highest BCUT2D eigenvalue weighted by molar-refractivity contribution is 9.09. The fraction of sp³-hybridized carbons (Fsp3) is 0.455. The summed E-state index contributed by atoms with van der Waals surface area (Å²) in [6, 6.07) is 13.2. The van der Waals surface area contributed by atoms with Gasteiger partial charge >= 0.3 is 5.97 Å². The molecule has 0 aliphatic rings. The van der Waals surface area contributed by atoms with Crippen molar-refractivity contribution >= 4 is 33.5 Å². The van der Waals surface area contributed by atoms with Crippen molar-refractivity contribution in [2.45, 2.75) is 51.5 Å². The van der Waals surface area contributed by atoms with E-state index in [0.29, 0.717) is 18.7 Å². The SMILES string of the molecule is O=C(CCCCCCn1cccc1C(=O)Nc1ccccc1)OCCCCBr. The number of ether oxygens (including phenoxy) is 1. The number of carbonyl (C=O) groups is 2. The Morgan fingerprint density at radius 1 is 0.929 bits per heavy atom. The van der Waals surface area contributed by atoms with Crippen LogP contribution in [0, 0.1) is 0 Å². The van der Waals surface area contributed by atoms with E-state index in [9.17, 15) is 9.59 Å². The molecule has 152 valence electrons. The van der Waals surface area contributed by atoms with E-state index in [1.165, 1.54) is 0 Å². The van der Waals surface area contributed by atoms with Gasteiger partial charge in [0.05, 0.1) is 6.61 Å². The van der Waals surface area contributed by atoms with Crippen LogP contribution in [0.1, 0.15) is 55.4 Å². The highest BCUT2D eigenvalue weighted by Gasteiger charge is 2.10. The van der Waals surface area contributed by atoms with Crippen LogP contribution < -0.4 is 5.32 Å². The molecule has 0 radical (unpaired) electrons. The molecule has 2 aromatic rings. The van der Waals surface area contributed by atoms with Crippen molar-refractivity contribution < 1.29 is 14.3 Å². The van der Waals surface area contributed by atoms with Gasteiger partial charge in [-0.05, 0) is 49.9 Å². The predicted octanol–water partition coefficient (Wildman–Crippen LogP) is 5.41. The quantitative estimate of drug-likeness (QED) is 0.253. The molecule has 1 aromatic heterocycles. The van der Waals surface area contributed by atoms with Crippen LogP contribution in [-0.2, 0) is 16.1 Å². The number of aryl methyl sites for hydroxylation is 1. The molecule has 5 nitrogen and oxygen atoms in total. The molecule has 1 amide bonds. The summed E-state index contributed by atoms with van der Waals surface area (Å²) in [5, 5.41) is 3.86. The van der Waals surface area contributed by atoms with Gasteiger partial charge in [0.2, 0.25) is 0 Å². The van der Waals surface area contributed by atoms with E-state index in [4.69, 9.17) is 4.74 Å². The second-order valence-electron chi connectivity index (χ2n) is 6.69. The molecule has 1 heterocycles. The molecule has 0 bridgehead atoms. The van der Waals surface area contributed by atoms with Gasteiger partial charge in [0.15, 0.2) is 0 Å². The van der Waals surface area contributed by atoms with Gasteiger partial charge in [-0.1, -0.05) is 47.0 Å². The molecular weight excluding hydrogens is 420 g/mol. The summed E-state index contributed by atoms with van der Waals surface area (Å²) in [6.07, 6.45) is 8.20. The largest absolute Gasteiger partial charge is 0.466 e. The van der Waals surface area contributed by atoms with Crippen molar-refractivity contribution in [2.24, 2.45) is 0 Å². The molecule has 1 aromatic carbocycles. The van der Waals surface area contributed by atoms with Crippen LogP contribution in [0.15, 0.2) is 48.7 Å². The molecule has 0 unspecified atom stereocenters. The van der Waals surface area contributed by atoms with Crippen molar-refractivity contribution in [3.05, 3.63) is 54.4 Å². The molecule has 0 fully saturated rings. The fourth-order valence-electron chi connectivity index (χ4n) is 2.89. The van der Waals surface area contributed by atoms with Gasteiger partial charge in [-0.3, -0.25) is 9.59 Å². The number of anilines is 1. The Bertz CT molecular complexity index is 716. The van der Waals surface area contributed by atoms with Crippen molar-refractivity contribution in [1.29, 1.82) is 0 Å². The number of para-hydroxylation sites is 1. The van der Waals surface area contributed by atoms with Crippen LogP contribution in [-0.4, -0.2) is 28.4 Å². The molecule has 28 heavy (non-hydrogen) atoms. The Kier molecular flexibility index (Phi) is 10.4.